The Hall–Kier alpha value is -5.90. The summed E-state index contributed by atoms with van der Waals surface area (Å²) in [7, 11) is 1.83. The Bertz CT molecular complexity index is 2400. The number of piperidine rings is 1. The number of piperazine rings is 1. The van der Waals surface area contributed by atoms with Crippen molar-refractivity contribution in [1.82, 2.24) is 34.9 Å². The second-order valence-electron chi connectivity index (χ2n) is 16.6. The number of rotatable bonds is 15. The molecule has 5 aromatic rings. The summed E-state index contributed by atoms with van der Waals surface area (Å²) in [5, 5.41) is 12.7. The van der Waals surface area contributed by atoms with Gasteiger partial charge in [0.05, 0.1) is 46.6 Å². The Morgan fingerprint density at radius 3 is 2.63 bits per heavy atom. The van der Waals surface area contributed by atoms with E-state index in [0.29, 0.717) is 60.1 Å². The molecule has 3 aliphatic rings. The summed E-state index contributed by atoms with van der Waals surface area (Å²) in [6.45, 7) is 10.5. The van der Waals surface area contributed by atoms with Gasteiger partial charge in [-0.2, -0.15) is 5.10 Å². The van der Waals surface area contributed by atoms with E-state index in [4.69, 9.17) is 9.72 Å². The van der Waals surface area contributed by atoms with Gasteiger partial charge < -0.3 is 19.9 Å². The van der Waals surface area contributed by atoms with Crippen LogP contribution in [0.4, 0.5) is 26.1 Å². The highest BCUT2D eigenvalue weighted by molar-refractivity contribution is 6.05. The summed E-state index contributed by atoms with van der Waals surface area (Å²) in [5.74, 6) is -2.45. The standard InChI is InChI=1S/C44H52F2N10O4/c1-5-26(2)7-6-18-60-42-32(24-48-54(42)4)36-20-28(19-27(3)49-36)40(58)53-43-50-35-10-8-30(23-37(35)51-43)56-17-16-55(25-44(56)12-13-44)15-14-47-29-21-33(45)39(34(46)22-29)31-9-11-38(57)52-41(31)59/h8,10,19-24,26,31,47H,5-7,9,11-18,25H2,1-4H3,(H,52,57,59)(H2,50,51,53,58)/t26-,31+/m0/s1. The molecule has 4 N–H and O–H groups in total. The number of carbonyl (C=O) groups excluding carboxylic acids is 3. The van der Waals surface area contributed by atoms with E-state index in [0.717, 1.165) is 74.0 Å². The molecule has 3 amide bonds. The van der Waals surface area contributed by atoms with Crippen LogP contribution in [0.5, 0.6) is 5.88 Å². The van der Waals surface area contributed by atoms with Gasteiger partial charge in [0.1, 0.15) is 11.6 Å². The Labute approximate surface area is 347 Å². The van der Waals surface area contributed by atoms with Crippen molar-refractivity contribution in [2.75, 3.05) is 54.9 Å². The minimum absolute atomic E-state index is 0.00543. The number of benzene rings is 2. The van der Waals surface area contributed by atoms with Crippen LogP contribution in [-0.4, -0.2) is 92.2 Å². The van der Waals surface area contributed by atoms with Crippen molar-refractivity contribution < 1.29 is 27.9 Å². The number of pyridine rings is 1. The highest BCUT2D eigenvalue weighted by Gasteiger charge is 2.51. The van der Waals surface area contributed by atoms with Crippen LogP contribution in [0.1, 0.15) is 86.3 Å². The van der Waals surface area contributed by atoms with Crippen LogP contribution in [0.3, 0.4) is 0 Å². The van der Waals surface area contributed by atoms with Gasteiger partial charge >= 0.3 is 0 Å². The van der Waals surface area contributed by atoms with Crippen molar-refractivity contribution in [3.8, 4) is 17.1 Å². The van der Waals surface area contributed by atoms with Gasteiger partial charge in [0, 0.05) is 74.4 Å². The Morgan fingerprint density at radius 2 is 1.88 bits per heavy atom. The summed E-state index contributed by atoms with van der Waals surface area (Å²) in [6, 6.07) is 12.0. The summed E-state index contributed by atoms with van der Waals surface area (Å²) in [6.07, 6.45) is 7.11. The number of hydrogen-bond acceptors (Lipinski definition) is 10. The van der Waals surface area contributed by atoms with Gasteiger partial charge in [-0.15, -0.1) is 0 Å². The third kappa shape index (κ3) is 8.69. The topological polar surface area (TPSA) is 162 Å². The monoisotopic (exact) mass is 822 g/mol. The molecule has 16 heteroatoms. The highest BCUT2D eigenvalue weighted by atomic mass is 19.1. The van der Waals surface area contributed by atoms with E-state index < -0.39 is 29.4 Å². The van der Waals surface area contributed by atoms with E-state index in [2.05, 4.69) is 66.8 Å². The van der Waals surface area contributed by atoms with Gasteiger partial charge in [-0.25, -0.2) is 18.4 Å². The predicted molar refractivity (Wildman–Crippen MR) is 225 cm³/mol. The van der Waals surface area contributed by atoms with Gasteiger partial charge in [-0.3, -0.25) is 34.9 Å². The molecular formula is C44H52F2N10O4. The molecule has 0 bridgehead atoms. The molecule has 3 fully saturated rings. The molecule has 0 radical (unpaired) electrons. The lowest BCUT2D eigenvalue weighted by atomic mass is 9.89. The number of halogens is 2. The number of fused-ring (bicyclic) bond motifs is 1. The van der Waals surface area contributed by atoms with Crippen LogP contribution in [0.2, 0.25) is 0 Å². The predicted octanol–water partition coefficient (Wildman–Crippen LogP) is 6.69. The summed E-state index contributed by atoms with van der Waals surface area (Å²) in [5.41, 5.74) is 5.08. The third-order valence-electron chi connectivity index (χ3n) is 12.1. The molecule has 1 aliphatic carbocycles. The highest BCUT2D eigenvalue weighted by Crippen LogP contribution is 2.47. The van der Waals surface area contributed by atoms with Crippen molar-refractivity contribution in [1.29, 1.82) is 0 Å². The van der Waals surface area contributed by atoms with E-state index in [-0.39, 0.29) is 29.9 Å². The van der Waals surface area contributed by atoms with Gasteiger partial charge in [0.25, 0.3) is 5.91 Å². The minimum atomic E-state index is -1.03. The number of amides is 3. The SMILES string of the molecule is CC[C@H](C)CCCOc1c(-c2cc(C(=O)Nc3nc4ccc(N5CCN(CCNc6cc(F)c([C@H]7CCC(=O)NC7=O)c(F)c6)CC56CC6)cc4[nH]3)cc(C)n2)cnn1C. The first-order valence-corrected chi connectivity index (χ1v) is 20.9. The average Bonchev–Trinajstić information content (AvgIpc) is 3.68. The zero-order chi connectivity index (χ0) is 42.1. The van der Waals surface area contributed by atoms with E-state index in [1.54, 1.807) is 23.0 Å². The normalized spacial score (nSPS) is 18.2. The molecule has 5 heterocycles. The second kappa shape index (κ2) is 17.0. The van der Waals surface area contributed by atoms with Crippen molar-refractivity contribution in [3.05, 3.63) is 77.1 Å². The maximum absolute atomic E-state index is 15.0. The molecule has 14 nitrogen and oxygen atoms in total. The van der Waals surface area contributed by atoms with Gasteiger partial charge in [0.15, 0.2) is 0 Å². The number of hydrogen-bond donors (Lipinski definition) is 4. The van der Waals surface area contributed by atoms with Crippen molar-refractivity contribution in [2.24, 2.45) is 13.0 Å². The van der Waals surface area contributed by atoms with Crippen LogP contribution in [-0.2, 0) is 16.6 Å². The lowest BCUT2D eigenvalue weighted by molar-refractivity contribution is -0.134. The van der Waals surface area contributed by atoms with Gasteiger partial charge in [-0.05, 0) is 87.4 Å². The maximum atomic E-state index is 15.0. The molecule has 2 aromatic carbocycles. The van der Waals surface area contributed by atoms with Crippen LogP contribution >= 0.6 is 0 Å². The molecule has 2 atom stereocenters. The first-order valence-electron chi connectivity index (χ1n) is 20.9. The van der Waals surface area contributed by atoms with Crippen molar-refractivity contribution in [3.63, 3.8) is 0 Å². The fourth-order valence-corrected chi connectivity index (χ4v) is 8.49. The zero-order valence-corrected chi connectivity index (χ0v) is 34.5. The second-order valence-corrected chi connectivity index (χ2v) is 16.6. The van der Waals surface area contributed by atoms with E-state index >= 15 is 8.78 Å². The van der Waals surface area contributed by atoms with Crippen molar-refractivity contribution >= 4 is 46.1 Å². The summed E-state index contributed by atoms with van der Waals surface area (Å²) in [4.78, 5) is 54.9. The number of nitrogens with zero attached hydrogens (tertiary/aromatic N) is 6. The Balaban J connectivity index is 0.874. The molecule has 2 aliphatic heterocycles. The number of aromatic nitrogens is 5. The number of aryl methyl sites for hydroxylation is 2. The number of ether oxygens (including phenoxy) is 1. The third-order valence-corrected chi connectivity index (χ3v) is 12.1. The molecule has 60 heavy (non-hydrogen) atoms. The quantitative estimate of drug-likeness (QED) is 0.0662. The molecule has 1 spiro atoms. The molecule has 2 saturated heterocycles. The van der Waals surface area contributed by atoms with E-state index in [9.17, 15) is 14.4 Å². The first-order chi connectivity index (χ1) is 28.9. The average molecular weight is 823 g/mol. The van der Waals surface area contributed by atoms with Crippen LogP contribution in [0.15, 0.2) is 48.7 Å². The molecule has 316 valence electrons. The van der Waals surface area contributed by atoms with E-state index in [1.807, 2.05) is 20.0 Å². The molecular weight excluding hydrogens is 771 g/mol. The first kappa shape index (κ1) is 40.9. The Kier molecular flexibility index (Phi) is 11.6. The summed E-state index contributed by atoms with van der Waals surface area (Å²) >= 11 is 0. The molecule has 3 aromatic heterocycles. The fraction of sp³-hybridized carbons (Fsp3) is 0.455. The molecule has 8 rings (SSSR count). The number of carbonyl (C=O) groups is 3. The smallest absolute Gasteiger partial charge is 0.258 e. The number of imidazole rings is 1. The Morgan fingerprint density at radius 1 is 1.08 bits per heavy atom. The van der Waals surface area contributed by atoms with Crippen LogP contribution < -0.4 is 25.6 Å². The number of nitrogens with one attached hydrogen (secondary N) is 4. The summed E-state index contributed by atoms with van der Waals surface area (Å²) < 4.78 is 37.9. The van der Waals surface area contributed by atoms with Crippen molar-refractivity contribution in [2.45, 2.75) is 77.2 Å². The minimum Gasteiger partial charge on any atom is -0.477 e. The molecule has 1 saturated carbocycles. The fourth-order valence-electron chi connectivity index (χ4n) is 8.49. The largest absolute Gasteiger partial charge is 0.477 e. The molecule has 0 unspecified atom stereocenters. The lowest BCUT2D eigenvalue weighted by Gasteiger charge is -2.43. The van der Waals surface area contributed by atoms with E-state index in [1.165, 1.54) is 12.1 Å². The van der Waals surface area contributed by atoms with Gasteiger partial charge in [-0.1, -0.05) is 20.3 Å². The zero-order valence-electron chi connectivity index (χ0n) is 34.5. The van der Waals surface area contributed by atoms with Gasteiger partial charge in [0.2, 0.25) is 23.6 Å². The number of imide groups is 1. The number of aromatic amines is 1. The maximum Gasteiger partial charge on any atom is 0.258 e. The lowest BCUT2D eigenvalue weighted by Crippen LogP contribution is -2.55. The number of H-pyrrole nitrogens is 1. The van der Waals surface area contributed by atoms with Crippen LogP contribution in [0, 0.1) is 24.5 Å². The number of anilines is 3. The van der Waals surface area contributed by atoms with Crippen LogP contribution in [0.25, 0.3) is 22.3 Å².